The van der Waals surface area contributed by atoms with Crippen molar-refractivity contribution in [1.29, 1.82) is 0 Å². The van der Waals surface area contributed by atoms with Crippen LogP contribution in [0.1, 0.15) is 81.0 Å². The van der Waals surface area contributed by atoms with Crippen molar-refractivity contribution in [2.75, 3.05) is 62.4 Å². The Morgan fingerprint density at radius 1 is 0.516 bits per heavy atom. The minimum absolute atomic E-state index is 0. The molecule has 0 aliphatic carbocycles. The van der Waals surface area contributed by atoms with E-state index in [1.807, 2.05) is 12.1 Å². The Hall–Kier alpha value is -6.98. The number of ether oxygens (including phenoxy) is 4. The van der Waals surface area contributed by atoms with Crippen molar-refractivity contribution >= 4 is 70.9 Å². The number of aliphatic hydroxyl groups is 6. The summed E-state index contributed by atoms with van der Waals surface area (Å²) >= 11 is 2.84. The number of carbonyl (C=O) groups excluding carboxylic acids is 6. The van der Waals surface area contributed by atoms with E-state index in [1.54, 1.807) is 85.2 Å². The summed E-state index contributed by atoms with van der Waals surface area (Å²) in [4.78, 5) is 110. The number of aliphatic carboxylic acids is 2. The van der Waals surface area contributed by atoms with E-state index in [-0.39, 0.29) is 79.8 Å². The van der Waals surface area contributed by atoms with E-state index < -0.39 is 146 Å². The molecule has 2 aromatic heterocycles. The second kappa shape index (κ2) is 37.5. The summed E-state index contributed by atoms with van der Waals surface area (Å²) < 4.78 is 23.1. The molecule has 2 aliphatic rings. The van der Waals surface area contributed by atoms with Crippen molar-refractivity contribution in [2.24, 2.45) is 0 Å². The first-order valence-electron chi connectivity index (χ1n) is 30.2. The van der Waals surface area contributed by atoms with Crippen LogP contribution in [0.2, 0.25) is 0 Å². The third kappa shape index (κ3) is 22.0. The second-order valence-electron chi connectivity index (χ2n) is 22.1. The number of aliphatic hydroxyl groups excluding tert-OH is 6. The summed E-state index contributed by atoms with van der Waals surface area (Å²) in [5.41, 5.74) is 3.97. The van der Waals surface area contributed by atoms with Crippen molar-refractivity contribution in [3.8, 4) is 22.5 Å². The molecule has 2 aliphatic heterocycles. The first kappa shape index (κ1) is 77.0. The van der Waals surface area contributed by atoms with E-state index in [4.69, 9.17) is 18.9 Å². The number of carboxylic acids is 2. The van der Waals surface area contributed by atoms with Crippen LogP contribution in [0, 0.1) is 0 Å². The maximum absolute atomic E-state index is 13.0. The molecular weight excluding hydrogens is 1290 g/mol. The molecule has 2 saturated heterocycles. The van der Waals surface area contributed by atoms with Gasteiger partial charge in [0.05, 0.1) is 61.1 Å². The predicted molar refractivity (Wildman–Crippen MR) is 342 cm³/mol. The van der Waals surface area contributed by atoms with Crippen LogP contribution in [0.3, 0.4) is 0 Å². The number of thioether (sulfide) groups is 2. The Bertz CT molecular complexity index is 3120. The van der Waals surface area contributed by atoms with Gasteiger partial charge in [-0.05, 0) is 97.1 Å². The van der Waals surface area contributed by atoms with Crippen molar-refractivity contribution < 1.29 is 128 Å². The number of nitrogens with one attached hydrogen (secondary N) is 6. The number of amides is 6. The van der Waals surface area contributed by atoms with Gasteiger partial charge in [0.15, 0.2) is 0 Å². The predicted octanol–water partition coefficient (Wildman–Crippen LogP) is -2.27. The number of nitrogens with zero attached hydrogens (tertiary/aromatic N) is 2. The van der Waals surface area contributed by atoms with Crippen LogP contribution < -0.4 is 61.5 Å². The number of pyridine rings is 2. The fraction of sp³-hybridized carbons (Fsp3) is 0.438. The van der Waals surface area contributed by atoms with Gasteiger partial charge >= 0.3 is 41.5 Å². The number of rotatable bonds is 34. The van der Waals surface area contributed by atoms with Crippen molar-refractivity contribution in [2.45, 2.75) is 112 Å². The first-order chi connectivity index (χ1) is 45.0. The van der Waals surface area contributed by atoms with Crippen LogP contribution in [-0.2, 0) is 38.1 Å². The molecule has 2 unspecified atom stereocenters. The Morgan fingerprint density at radius 3 is 1.17 bits per heavy atom. The molecule has 506 valence electrons. The molecule has 95 heavy (non-hydrogen) atoms. The fourth-order valence-corrected chi connectivity index (χ4v) is 11.8. The van der Waals surface area contributed by atoms with Crippen LogP contribution in [-0.4, -0.2) is 233 Å². The van der Waals surface area contributed by atoms with Gasteiger partial charge in [0.2, 0.25) is 11.8 Å². The van der Waals surface area contributed by atoms with Crippen LogP contribution in [0.5, 0.6) is 0 Å². The maximum Gasteiger partial charge on any atom is 1.00 e. The molecule has 7 rings (SSSR count). The van der Waals surface area contributed by atoms with Crippen LogP contribution >= 0.6 is 23.5 Å². The van der Waals surface area contributed by atoms with Gasteiger partial charge in [-0.25, -0.2) is 9.59 Å². The zero-order chi connectivity index (χ0) is 68.0. The Kier molecular flexibility index (Phi) is 30.4. The molecule has 0 radical (unpaired) electrons. The van der Waals surface area contributed by atoms with E-state index in [9.17, 15) is 79.2 Å². The minimum Gasteiger partial charge on any atom is -0.477 e. The summed E-state index contributed by atoms with van der Waals surface area (Å²) in [6.07, 6.45) is -11.5. The van der Waals surface area contributed by atoms with Gasteiger partial charge in [0.1, 0.15) is 24.4 Å². The van der Waals surface area contributed by atoms with Crippen molar-refractivity contribution in [3.05, 3.63) is 144 Å². The van der Waals surface area contributed by atoms with Gasteiger partial charge in [-0.2, -0.15) is 23.5 Å². The maximum atomic E-state index is 13.0. The monoisotopic (exact) mass is 1370 g/mol. The molecule has 0 saturated carbocycles. The summed E-state index contributed by atoms with van der Waals surface area (Å²) in [5, 5.41) is 103. The minimum atomic E-state index is -2.50. The first-order valence-corrected chi connectivity index (χ1v) is 32.5. The van der Waals surface area contributed by atoms with Gasteiger partial charge in [-0.1, -0.05) is 36.4 Å². The van der Waals surface area contributed by atoms with Gasteiger partial charge in [0.25, 0.3) is 35.2 Å². The third-order valence-electron chi connectivity index (χ3n) is 15.2. The standard InChI is InChI=1S/C64H78N8O20S2.Na/c1-37(73)71-51-47(75)33-63(61(85)86,91-55(51)53(79)49(77)35-69-59(83)43-15-11-39(12-16-43)45-9-3-5-23-65-45)89-27-7-29-93-31-25-67-57(81)41-19-21-42(22-20-41)58(82)68-26-32-94-30-8-28-90-64(62(87)88)34-48(76)52(72-38(2)74)56(92-64)54(80)50(78)36-70-60(84)44-17-13-40(14-18-44)46-10-4-6-24-66-46;/h3-6,9-24,47-56,75-80H,7-8,25-36H2,1-2H3,(H,67,81)(H,68,82)(H,69,83)(H,70,84)(H,71,73)(H,72,74)(H,85,86)(H,87,88);/q;+1/t47-,48-,49+,50+,51+,52+,53?,54?,55+,56+,63+,64+;/m0./s1. The number of benzene rings is 3. The summed E-state index contributed by atoms with van der Waals surface area (Å²) in [6, 6.07) is 27.0. The zero-order valence-corrected chi connectivity index (χ0v) is 56.0. The number of aromatic nitrogens is 2. The van der Waals surface area contributed by atoms with Gasteiger partial charge < -0.3 is 91.7 Å². The topological polar surface area (TPSA) is 433 Å². The largest absolute Gasteiger partial charge is 1.00 e. The zero-order valence-electron chi connectivity index (χ0n) is 52.4. The summed E-state index contributed by atoms with van der Waals surface area (Å²) in [7, 11) is 0. The summed E-state index contributed by atoms with van der Waals surface area (Å²) in [5.74, 6) is -9.74. The average molecular weight is 1370 g/mol. The fourth-order valence-electron chi connectivity index (χ4n) is 10.3. The molecule has 0 spiro atoms. The molecule has 2 fully saturated rings. The molecule has 31 heteroatoms. The van der Waals surface area contributed by atoms with Crippen LogP contribution in [0.25, 0.3) is 22.5 Å². The van der Waals surface area contributed by atoms with Crippen molar-refractivity contribution in [3.63, 3.8) is 0 Å². The molecule has 5 aromatic rings. The molecule has 3 aromatic carbocycles. The van der Waals surface area contributed by atoms with Crippen LogP contribution in [0.4, 0.5) is 0 Å². The SMILES string of the molecule is CC(=O)N[C@@H]1[C@@H](O)C[C@](OCCCSCCNC(=O)c2ccc(C(=O)NCCSCCCO[C@]3(C(=O)O)C[C@H](O)[C@@H](NC(C)=O)[C@H](C(O)[C@H](O)CNC(=O)c4ccc(-c5ccccn5)cc4)O3)cc2)(C(=O)O)O[C@H]1C(O)[C@H](O)CNC(=O)c1ccc(-c2ccccn2)cc1.[Na+]. The van der Waals surface area contributed by atoms with E-state index in [0.717, 1.165) is 25.0 Å². The molecule has 28 nitrogen and oxygen atoms in total. The Labute approximate surface area is 577 Å². The number of carboxylic acid groups (broad SMARTS) is 2. The van der Waals surface area contributed by atoms with E-state index >= 15 is 0 Å². The molecule has 14 N–H and O–H groups in total. The smallest absolute Gasteiger partial charge is 0.477 e. The molecule has 4 heterocycles. The molecular formula is C64H78N8NaO20S2+. The molecule has 0 bridgehead atoms. The van der Waals surface area contributed by atoms with Gasteiger partial charge in [0, 0.05) is 110 Å². The summed E-state index contributed by atoms with van der Waals surface area (Å²) in [6.45, 7) is 1.37. The Morgan fingerprint density at radius 2 is 0.853 bits per heavy atom. The van der Waals surface area contributed by atoms with E-state index in [1.165, 1.54) is 47.8 Å². The normalized spacial score (nSPS) is 22.0. The number of hydrogen-bond donors (Lipinski definition) is 14. The van der Waals surface area contributed by atoms with E-state index in [2.05, 4.69) is 41.9 Å². The van der Waals surface area contributed by atoms with Crippen molar-refractivity contribution in [1.82, 2.24) is 41.9 Å². The van der Waals surface area contributed by atoms with E-state index in [0.29, 0.717) is 45.5 Å². The number of carbonyl (C=O) groups is 8. The number of hydrogen-bond acceptors (Lipinski definition) is 22. The van der Waals surface area contributed by atoms with Gasteiger partial charge in [-0.3, -0.25) is 38.7 Å². The second-order valence-corrected chi connectivity index (χ2v) is 24.6. The molecule has 12 atom stereocenters. The third-order valence-corrected chi connectivity index (χ3v) is 17.3. The molecule has 6 amide bonds. The van der Waals surface area contributed by atoms with Crippen LogP contribution in [0.15, 0.2) is 122 Å². The Balaban J connectivity index is 0.0000143. The quantitative estimate of drug-likeness (QED) is 0.0153. The average Bonchev–Trinajstić information content (AvgIpc) is 0.777. The van der Waals surface area contributed by atoms with Gasteiger partial charge in [-0.15, -0.1) is 0 Å².